The van der Waals surface area contributed by atoms with Crippen molar-refractivity contribution in [2.75, 3.05) is 7.11 Å². The molecule has 0 bridgehead atoms. The Morgan fingerprint density at radius 2 is 1.48 bits per heavy atom. The third kappa shape index (κ3) is 5.90. The summed E-state index contributed by atoms with van der Waals surface area (Å²) >= 11 is 6.22. The fraction of sp³-hybridized carbons (Fsp3) is 0.182. The first kappa shape index (κ1) is 21.1. The first-order valence-corrected chi connectivity index (χ1v) is 8.92. The van der Waals surface area contributed by atoms with Gasteiger partial charge in [-0.05, 0) is 23.3 Å². The number of hydrogen-bond donors (Lipinski definition) is 1. The molecular weight excluding hydrogens is 381 g/mol. The van der Waals surface area contributed by atoms with Crippen LogP contribution in [0.25, 0.3) is 0 Å². The van der Waals surface area contributed by atoms with Gasteiger partial charge in [0.2, 0.25) is 0 Å². The average molecular weight is 404 g/mol. The van der Waals surface area contributed by atoms with Crippen molar-refractivity contribution in [2.45, 2.75) is 19.7 Å². The summed E-state index contributed by atoms with van der Waals surface area (Å²) in [7, 11) is 1.66. The number of ether oxygens (including phenoxy) is 2. The molecule has 27 heavy (non-hydrogen) atoms. The second-order valence-corrected chi connectivity index (χ2v) is 6.32. The summed E-state index contributed by atoms with van der Waals surface area (Å²) in [5, 5.41) is 4.20. The summed E-state index contributed by atoms with van der Waals surface area (Å²) in [5.74, 6) is 1.50. The highest BCUT2D eigenvalue weighted by Gasteiger charge is 2.11. The van der Waals surface area contributed by atoms with E-state index >= 15 is 0 Å². The molecule has 3 nitrogen and oxygen atoms in total. The molecule has 0 aliphatic heterocycles. The zero-order valence-electron chi connectivity index (χ0n) is 15.2. The molecule has 0 spiro atoms. The van der Waals surface area contributed by atoms with Crippen LogP contribution in [0.1, 0.15) is 16.7 Å². The van der Waals surface area contributed by atoms with Gasteiger partial charge in [0.15, 0.2) is 11.5 Å². The van der Waals surface area contributed by atoms with E-state index in [0.29, 0.717) is 19.7 Å². The molecule has 3 aromatic rings. The predicted molar refractivity (Wildman–Crippen MR) is 113 cm³/mol. The second-order valence-electron chi connectivity index (χ2n) is 5.92. The first-order valence-electron chi connectivity index (χ1n) is 8.54. The maximum Gasteiger partial charge on any atom is 0.166 e. The molecular formula is C22H23Cl2NO2. The lowest BCUT2D eigenvalue weighted by Crippen LogP contribution is -2.14. The summed E-state index contributed by atoms with van der Waals surface area (Å²) in [6.45, 7) is 1.85. The number of halogens is 2. The molecule has 0 radical (unpaired) electrons. The van der Waals surface area contributed by atoms with Crippen LogP contribution in [0.3, 0.4) is 0 Å². The molecule has 0 aliphatic carbocycles. The van der Waals surface area contributed by atoms with Crippen molar-refractivity contribution in [3.8, 4) is 11.5 Å². The highest BCUT2D eigenvalue weighted by atomic mass is 35.5. The Morgan fingerprint density at radius 3 is 2.22 bits per heavy atom. The third-order valence-electron chi connectivity index (χ3n) is 4.10. The van der Waals surface area contributed by atoms with Gasteiger partial charge in [0.1, 0.15) is 6.61 Å². The highest BCUT2D eigenvalue weighted by Crippen LogP contribution is 2.32. The van der Waals surface area contributed by atoms with Crippen LogP contribution in [-0.2, 0) is 19.7 Å². The Labute approximate surface area is 171 Å². The zero-order valence-corrected chi connectivity index (χ0v) is 16.7. The molecule has 0 aliphatic rings. The lowest BCUT2D eigenvalue weighted by molar-refractivity contribution is 0.280. The second kappa shape index (κ2) is 10.8. The first-order chi connectivity index (χ1) is 12.8. The molecule has 0 heterocycles. The molecule has 0 fully saturated rings. The van der Waals surface area contributed by atoms with Gasteiger partial charge in [0.25, 0.3) is 0 Å². The average Bonchev–Trinajstić information content (AvgIpc) is 2.69. The van der Waals surface area contributed by atoms with Gasteiger partial charge in [-0.1, -0.05) is 72.3 Å². The quantitative estimate of drug-likeness (QED) is 0.527. The van der Waals surface area contributed by atoms with E-state index < -0.39 is 0 Å². The van der Waals surface area contributed by atoms with Crippen molar-refractivity contribution < 1.29 is 9.47 Å². The van der Waals surface area contributed by atoms with Crippen LogP contribution in [0.2, 0.25) is 5.02 Å². The van der Waals surface area contributed by atoms with Crippen LogP contribution in [0, 0.1) is 0 Å². The maximum atomic E-state index is 6.22. The van der Waals surface area contributed by atoms with Crippen molar-refractivity contribution in [3.05, 3.63) is 94.5 Å². The summed E-state index contributed by atoms with van der Waals surface area (Å²) in [5.41, 5.74) is 3.24. The van der Waals surface area contributed by atoms with Crippen LogP contribution in [0.15, 0.2) is 72.8 Å². The van der Waals surface area contributed by atoms with Gasteiger partial charge in [0.05, 0.1) is 7.11 Å². The van der Waals surface area contributed by atoms with Crippen molar-refractivity contribution in [3.63, 3.8) is 0 Å². The number of methoxy groups -OCH3 is 1. The summed E-state index contributed by atoms with van der Waals surface area (Å²) < 4.78 is 11.6. The lowest BCUT2D eigenvalue weighted by atomic mass is 10.1. The van der Waals surface area contributed by atoms with E-state index in [9.17, 15) is 0 Å². The summed E-state index contributed by atoms with van der Waals surface area (Å²) in [6, 6.07) is 23.9. The Bertz CT molecular complexity index is 841. The van der Waals surface area contributed by atoms with E-state index in [1.54, 1.807) is 7.11 Å². The minimum Gasteiger partial charge on any atom is -0.493 e. The van der Waals surface area contributed by atoms with Crippen molar-refractivity contribution in [1.82, 2.24) is 5.32 Å². The van der Waals surface area contributed by atoms with E-state index in [0.717, 1.165) is 33.2 Å². The van der Waals surface area contributed by atoms with Gasteiger partial charge in [0, 0.05) is 23.7 Å². The topological polar surface area (TPSA) is 30.5 Å². The molecule has 3 rings (SSSR count). The molecule has 142 valence electrons. The number of nitrogens with one attached hydrogen (secondary N) is 1. The van der Waals surface area contributed by atoms with E-state index in [-0.39, 0.29) is 12.4 Å². The Balaban J connectivity index is 0.00000261. The zero-order chi connectivity index (χ0) is 18.2. The van der Waals surface area contributed by atoms with E-state index in [1.165, 1.54) is 0 Å². The van der Waals surface area contributed by atoms with Gasteiger partial charge in [-0.25, -0.2) is 0 Å². The van der Waals surface area contributed by atoms with Gasteiger partial charge < -0.3 is 14.8 Å². The molecule has 0 unspecified atom stereocenters. The molecule has 0 atom stereocenters. The van der Waals surface area contributed by atoms with Crippen molar-refractivity contribution in [2.24, 2.45) is 0 Å². The summed E-state index contributed by atoms with van der Waals surface area (Å²) in [6.07, 6.45) is 0. The molecule has 3 aromatic carbocycles. The Hall–Kier alpha value is -2.20. The Kier molecular flexibility index (Phi) is 8.46. The van der Waals surface area contributed by atoms with Crippen LogP contribution in [-0.4, -0.2) is 7.11 Å². The molecule has 0 saturated carbocycles. The van der Waals surface area contributed by atoms with Crippen LogP contribution >= 0.6 is 24.0 Å². The molecule has 0 saturated heterocycles. The highest BCUT2D eigenvalue weighted by molar-refractivity contribution is 6.31. The molecule has 0 amide bonds. The Morgan fingerprint density at radius 1 is 0.815 bits per heavy atom. The number of benzene rings is 3. The largest absolute Gasteiger partial charge is 0.493 e. The molecule has 5 heteroatoms. The number of rotatable bonds is 8. The van der Waals surface area contributed by atoms with Crippen LogP contribution < -0.4 is 14.8 Å². The molecule has 0 aromatic heterocycles. The van der Waals surface area contributed by atoms with Crippen LogP contribution in [0.5, 0.6) is 11.5 Å². The smallest absolute Gasteiger partial charge is 0.166 e. The normalized spacial score (nSPS) is 10.1. The number of hydrogen-bond acceptors (Lipinski definition) is 3. The predicted octanol–water partition coefficient (Wildman–Crippen LogP) is 5.64. The molecule has 1 N–H and O–H groups in total. The van der Waals surface area contributed by atoms with Crippen molar-refractivity contribution >= 4 is 24.0 Å². The van der Waals surface area contributed by atoms with Crippen LogP contribution in [0.4, 0.5) is 0 Å². The fourth-order valence-corrected chi connectivity index (χ4v) is 2.93. The van der Waals surface area contributed by atoms with Gasteiger partial charge in [-0.2, -0.15) is 0 Å². The summed E-state index contributed by atoms with van der Waals surface area (Å²) in [4.78, 5) is 0. The van der Waals surface area contributed by atoms with Gasteiger partial charge in [-0.15, -0.1) is 12.4 Å². The fourth-order valence-electron chi connectivity index (χ4n) is 2.73. The third-order valence-corrected chi connectivity index (χ3v) is 4.46. The van der Waals surface area contributed by atoms with Crippen molar-refractivity contribution in [1.29, 1.82) is 0 Å². The van der Waals surface area contributed by atoms with Gasteiger partial charge >= 0.3 is 0 Å². The lowest BCUT2D eigenvalue weighted by Gasteiger charge is -2.16. The monoisotopic (exact) mass is 403 g/mol. The maximum absolute atomic E-state index is 6.22. The minimum absolute atomic E-state index is 0. The van der Waals surface area contributed by atoms with E-state index in [4.69, 9.17) is 21.1 Å². The van der Waals surface area contributed by atoms with E-state index in [1.807, 2.05) is 72.8 Å². The van der Waals surface area contributed by atoms with Gasteiger partial charge in [-0.3, -0.25) is 0 Å². The van der Waals surface area contributed by atoms with E-state index in [2.05, 4.69) is 5.32 Å². The standard InChI is InChI=1S/C22H22ClNO2.ClH/c1-25-21-13-7-11-19(15-24-14-18-10-5-6-12-20(18)23)22(21)26-16-17-8-3-2-4-9-17;/h2-13,24H,14-16H2,1H3;1H. The minimum atomic E-state index is 0. The SMILES string of the molecule is COc1cccc(CNCc2ccccc2Cl)c1OCc1ccccc1.Cl. The number of para-hydroxylation sites is 1.